The van der Waals surface area contributed by atoms with Crippen molar-refractivity contribution < 1.29 is 0 Å². The number of aromatic nitrogens is 4. The van der Waals surface area contributed by atoms with Gasteiger partial charge in [0.05, 0.1) is 35.0 Å². The van der Waals surface area contributed by atoms with Gasteiger partial charge in [-0.2, -0.15) is 5.10 Å². The molecule has 2 heterocycles. The number of nitrogens with zero attached hydrogens (tertiary/aromatic N) is 4. The first kappa shape index (κ1) is 12.1. The van der Waals surface area contributed by atoms with Crippen molar-refractivity contribution in [2.75, 3.05) is 0 Å². The van der Waals surface area contributed by atoms with Crippen LogP contribution in [0.1, 0.15) is 37.3 Å². The Labute approximate surface area is 105 Å². The zero-order valence-electron chi connectivity index (χ0n) is 10.1. The molecule has 5 nitrogen and oxygen atoms in total. The van der Waals surface area contributed by atoms with E-state index in [1.54, 1.807) is 12.5 Å². The van der Waals surface area contributed by atoms with Gasteiger partial charge in [0, 0.05) is 19.3 Å². The molecule has 1 atom stereocenters. The molecule has 0 spiro atoms. The van der Waals surface area contributed by atoms with Gasteiger partial charge in [-0.05, 0) is 13.8 Å². The van der Waals surface area contributed by atoms with Gasteiger partial charge in [0.25, 0.3) is 0 Å². The van der Waals surface area contributed by atoms with Gasteiger partial charge in [0.1, 0.15) is 0 Å². The maximum absolute atomic E-state index is 6.19. The predicted octanol–water partition coefficient (Wildman–Crippen LogP) is 1.90. The summed E-state index contributed by atoms with van der Waals surface area (Å²) in [7, 11) is 1.91. The molecule has 0 aliphatic rings. The van der Waals surface area contributed by atoms with Crippen LogP contribution in [0.3, 0.4) is 0 Å². The van der Waals surface area contributed by atoms with Crippen LogP contribution in [-0.4, -0.2) is 19.3 Å². The van der Waals surface area contributed by atoms with E-state index in [4.69, 9.17) is 17.3 Å². The highest BCUT2D eigenvalue weighted by atomic mass is 35.5. The second-order valence-electron chi connectivity index (χ2n) is 4.36. The van der Waals surface area contributed by atoms with Crippen molar-refractivity contribution in [3.05, 3.63) is 35.1 Å². The monoisotopic (exact) mass is 253 g/mol. The molecule has 2 aromatic heterocycles. The van der Waals surface area contributed by atoms with E-state index in [0.29, 0.717) is 5.02 Å². The standard InChI is InChI=1S/C11H16ClN5/c1-7(2)17-11(8(12)4-15-17)10(13)9-5-16(3)6-14-9/h4-7,10H,13H2,1-3H3. The molecule has 92 valence electrons. The van der Waals surface area contributed by atoms with E-state index >= 15 is 0 Å². The molecule has 1 unspecified atom stereocenters. The SMILES string of the molecule is CC(C)n1ncc(Cl)c1C(N)c1cn(C)cn1. The molecule has 0 amide bonds. The largest absolute Gasteiger partial charge is 0.340 e. The lowest BCUT2D eigenvalue weighted by atomic mass is 10.1. The van der Waals surface area contributed by atoms with E-state index in [1.807, 2.05) is 36.3 Å². The fourth-order valence-electron chi connectivity index (χ4n) is 1.79. The Morgan fingerprint density at radius 2 is 2.12 bits per heavy atom. The number of aryl methyl sites for hydroxylation is 1. The summed E-state index contributed by atoms with van der Waals surface area (Å²) >= 11 is 6.14. The third kappa shape index (κ3) is 2.21. The lowest BCUT2D eigenvalue weighted by Crippen LogP contribution is -2.19. The van der Waals surface area contributed by atoms with Crippen LogP contribution in [-0.2, 0) is 7.05 Å². The number of rotatable bonds is 3. The fourth-order valence-corrected chi connectivity index (χ4v) is 2.03. The topological polar surface area (TPSA) is 61.7 Å². The van der Waals surface area contributed by atoms with Crippen LogP contribution in [0.15, 0.2) is 18.7 Å². The zero-order chi connectivity index (χ0) is 12.6. The number of imidazole rings is 1. The van der Waals surface area contributed by atoms with Crippen LogP contribution in [0.25, 0.3) is 0 Å². The quantitative estimate of drug-likeness (QED) is 0.909. The van der Waals surface area contributed by atoms with Gasteiger partial charge in [0.2, 0.25) is 0 Å². The Bertz CT molecular complexity index is 514. The van der Waals surface area contributed by atoms with Crippen molar-refractivity contribution >= 4 is 11.6 Å². The van der Waals surface area contributed by atoms with Gasteiger partial charge in [-0.3, -0.25) is 4.68 Å². The van der Waals surface area contributed by atoms with Crippen LogP contribution >= 0.6 is 11.6 Å². The summed E-state index contributed by atoms with van der Waals surface area (Å²) in [5.74, 6) is 0. The highest BCUT2D eigenvalue weighted by molar-refractivity contribution is 6.31. The van der Waals surface area contributed by atoms with Crippen LogP contribution in [0, 0.1) is 0 Å². The molecule has 0 aliphatic heterocycles. The maximum Gasteiger partial charge on any atom is 0.0947 e. The maximum atomic E-state index is 6.19. The van der Waals surface area contributed by atoms with Crippen LogP contribution in [0.5, 0.6) is 0 Å². The second-order valence-corrected chi connectivity index (χ2v) is 4.76. The van der Waals surface area contributed by atoms with Crippen molar-refractivity contribution in [3.63, 3.8) is 0 Å². The Kier molecular flexibility index (Phi) is 3.22. The molecule has 0 aromatic carbocycles. The predicted molar refractivity (Wildman–Crippen MR) is 66.9 cm³/mol. The van der Waals surface area contributed by atoms with Gasteiger partial charge in [-0.1, -0.05) is 11.6 Å². The van der Waals surface area contributed by atoms with Gasteiger partial charge >= 0.3 is 0 Å². The van der Waals surface area contributed by atoms with Crippen molar-refractivity contribution in [3.8, 4) is 0 Å². The number of nitrogens with two attached hydrogens (primary N) is 1. The minimum atomic E-state index is -0.353. The summed E-state index contributed by atoms with van der Waals surface area (Å²) in [4.78, 5) is 4.25. The second kappa shape index (κ2) is 4.50. The number of hydrogen-bond donors (Lipinski definition) is 1. The van der Waals surface area contributed by atoms with Crippen molar-refractivity contribution in [1.82, 2.24) is 19.3 Å². The number of hydrogen-bond acceptors (Lipinski definition) is 3. The van der Waals surface area contributed by atoms with Crippen LogP contribution in [0.4, 0.5) is 0 Å². The molecule has 0 saturated carbocycles. The highest BCUT2D eigenvalue weighted by Gasteiger charge is 2.21. The molecule has 2 aromatic rings. The summed E-state index contributed by atoms with van der Waals surface area (Å²) in [6, 6.07) is -0.138. The van der Waals surface area contributed by atoms with Crippen molar-refractivity contribution in [2.45, 2.75) is 25.9 Å². The van der Waals surface area contributed by atoms with Gasteiger partial charge in [0.15, 0.2) is 0 Å². The Balaban J connectivity index is 2.43. The summed E-state index contributed by atoms with van der Waals surface area (Å²) in [5.41, 5.74) is 7.79. The smallest absolute Gasteiger partial charge is 0.0947 e. The van der Waals surface area contributed by atoms with Gasteiger partial charge in [-0.25, -0.2) is 4.98 Å². The van der Waals surface area contributed by atoms with Crippen LogP contribution in [0.2, 0.25) is 5.02 Å². The minimum absolute atomic E-state index is 0.215. The first-order chi connectivity index (χ1) is 8.00. The van der Waals surface area contributed by atoms with Crippen molar-refractivity contribution in [1.29, 1.82) is 0 Å². The molecule has 17 heavy (non-hydrogen) atoms. The molecule has 0 aliphatic carbocycles. The van der Waals surface area contributed by atoms with Gasteiger partial charge < -0.3 is 10.3 Å². The Morgan fingerprint density at radius 1 is 1.41 bits per heavy atom. The average molecular weight is 254 g/mol. The van der Waals surface area contributed by atoms with E-state index in [1.165, 1.54) is 0 Å². The summed E-state index contributed by atoms with van der Waals surface area (Å²) in [6.45, 7) is 4.08. The summed E-state index contributed by atoms with van der Waals surface area (Å²) < 4.78 is 3.70. The molecule has 0 bridgehead atoms. The molecule has 0 radical (unpaired) electrons. The summed E-state index contributed by atoms with van der Waals surface area (Å²) in [5, 5.41) is 4.82. The first-order valence-electron chi connectivity index (χ1n) is 5.47. The Morgan fingerprint density at radius 3 is 2.65 bits per heavy atom. The van der Waals surface area contributed by atoms with Crippen molar-refractivity contribution in [2.24, 2.45) is 12.8 Å². The van der Waals surface area contributed by atoms with Gasteiger partial charge in [-0.15, -0.1) is 0 Å². The molecular weight excluding hydrogens is 238 g/mol. The van der Waals surface area contributed by atoms with E-state index in [2.05, 4.69) is 10.1 Å². The molecule has 2 rings (SSSR count). The molecule has 0 fully saturated rings. The lowest BCUT2D eigenvalue weighted by Gasteiger charge is -2.15. The van der Waals surface area contributed by atoms with Crippen LogP contribution < -0.4 is 5.73 Å². The van der Waals surface area contributed by atoms with E-state index in [9.17, 15) is 0 Å². The fraction of sp³-hybridized carbons (Fsp3) is 0.455. The lowest BCUT2D eigenvalue weighted by molar-refractivity contribution is 0.498. The normalized spacial score (nSPS) is 13.3. The average Bonchev–Trinajstić information content (AvgIpc) is 2.83. The third-order valence-corrected chi connectivity index (χ3v) is 2.91. The molecular formula is C11H16ClN5. The first-order valence-corrected chi connectivity index (χ1v) is 5.85. The Hall–Kier alpha value is -1.33. The summed E-state index contributed by atoms with van der Waals surface area (Å²) in [6.07, 6.45) is 5.23. The number of halogens is 1. The molecule has 0 saturated heterocycles. The third-order valence-electron chi connectivity index (χ3n) is 2.61. The van der Waals surface area contributed by atoms with E-state index < -0.39 is 0 Å². The molecule has 2 N–H and O–H groups in total. The molecule has 6 heteroatoms. The highest BCUT2D eigenvalue weighted by Crippen LogP contribution is 2.27. The van der Waals surface area contributed by atoms with E-state index in [-0.39, 0.29) is 12.1 Å². The van der Waals surface area contributed by atoms with E-state index in [0.717, 1.165) is 11.4 Å². The minimum Gasteiger partial charge on any atom is -0.340 e. The zero-order valence-corrected chi connectivity index (χ0v) is 10.9.